The summed E-state index contributed by atoms with van der Waals surface area (Å²) >= 11 is 0. The summed E-state index contributed by atoms with van der Waals surface area (Å²) in [4.78, 5) is 0. The molecule has 0 spiro atoms. The Morgan fingerprint density at radius 2 is 2.08 bits per heavy atom. The first-order chi connectivity index (χ1) is 6.08. The number of hydrogen-bond acceptors (Lipinski definition) is 2. The zero-order chi connectivity index (χ0) is 9.90. The lowest BCUT2D eigenvalue weighted by Crippen LogP contribution is -2.44. The lowest BCUT2D eigenvalue weighted by atomic mass is 9.76. The predicted molar refractivity (Wildman–Crippen MR) is 52.0 cm³/mol. The molecule has 1 aliphatic rings. The van der Waals surface area contributed by atoms with E-state index in [9.17, 15) is 10.2 Å². The Kier molecular flexibility index (Phi) is 3.35. The van der Waals surface area contributed by atoms with E-state index in [1.165, 1.54) is 0 Å². The molecule has 1 rings (SSSR count). The molecule has 0 aromatic heterocycles. The first-order valence-corrected chi connectivity index (χ1v) is 4.92. The van der Waals surface area contributed by atoms with Gasteiger partial charge in [0, 0.05) is 6.42 Å². The maximum absolute atomic E-state index is 10.0. The number of aliphatic hydroxyl groups excluding tert-OH is 1. The highest BCUT2D eigenvalue weighted by Crippen LogP contribution is 2.34. The van der Waals surface area contributed by atoms with Crippen LogP contribution in [-0.2, 0) is 0 Å². The Hall–Kier alpha value is -0.520. The zero-order valence-corrected chi connectivity index (χ0v) is 8.16. The second-order valence-electron chi connectivity index (χ2n) is 4.21. The van der Waals surface area contributed by atoms with Gasteiger partial charge in [0.15, 0.2) is 0 Å². The van der Waals surface area contributed by atoms with Gasteiger partial charge in [-0.1, -0.05) is 6.92 Å². The van der Waals surface area contributed by atoms with Gasteiger partial charge < -0.3 is 10.2 Å². The minimum Gasteiger partial charge on any atom is -0.389 e. The number of rotatable bonds is 2. The predicted octanol–water partition coefficient (Wildman–Crippen LogP) is 1.31. The Morgan fingerprint density at radius 3 is 2.54 bits per heavy atom. The van der Waals surface area contributed by atoms with Gasteiger partial charge in [0.2, 0.25) is 0 Å². The van der Waals surface area contributed by atoms with E-state index in [0.717, 1.165) is 12.8 Å². The monoisotopic (exact) mass is 182 g/mol. The summed E-state index contributed by atoms with van der Waals surface area (Å²) in [6.07, 6.45) is 7.93. The van der Waals surface area contributed by atoms with Crippen molar-refractivity contribution >= 4 is 0 Å². The fourth-order valence-corrected chi connectivity index (χ4v) is 1.90. The number of terminal acetylenes is 1. The number of aliphatic hydroxyl groups is 2. The fourth-order valence-electron chi connectivity index (χ4n) is 1.90. The van der Waals surface area contributed by atoms with Crippen molar-refractivity contribution in [3.8, 4) is 12.3 Å². The Balaban J connectivity index is 2.52. The highest BCUT2D eigenvalue weighted by molar-refractivity contribution is 4.97. The SMILES string of the molecule is C#CCC(O)C1(O)CCC(C)CC1. The van der Waals surface area contributed by atoms with Crippen LogP contribution in [0.1, 0.15) is 39.0 Å². The van der Waals surface area contributed by atoms with Gasteiger partial charge in [0.25, 0.3) is 0 Å². The van der Waals surface area contributed by atoms with Crippen LogP contribution in [-0.4, -0.2) is 21.9 Å². The molecule has 2 N–H and O–H groups in total. The zero-order valence-electron chi connectivity index (χ0n) is 8.16. The third kappa shape index (κ3) is 2.46. The molecule has 0 radical (unpaired) electrons. The first kappa shape index (κ1) is 10.6. The Morgan fingerprint density at radius 1 is 1.54 bits per heavy atom. The quantitative estimate of drug-likeness (QED) is 0.632. The summed E-state index contributed by atoms with van der Waals surface area (Å²) in [5.41, 5.74) is -0.918. The van der Waals surface area contributed by atoms with Crippen LogP contribution < -0.4 is 0 Å². The standard InChI is InChI=1S/C11H18O2/c1-3-4-10(12)11(13)7-5-9(2)6-8-11/h1,9-10,12-13H,4-8H2,2H3. The van der Waals surface area contributed by atoms with Crippen molar-refractivity contribution in [3.05, 3.63) is 0 Å². The summed E-state index contributed by atoms with van der Waals surface area (Å²) in [6, 6.07) is 0. The largest absolute Gasteiger partial charge is 0.389 e. The molecule has 0 bridgehead atoms. The van der Waals surface area contributed by atoms with Crippen LogP contribution in [0.3, 0.4) is 0 Å². The lowest BCUT2D eigenvalue weighted by Gasteiger charge is -2.37. The number of hydrogen-bond donors (Lipinski definition) is 2. The van der Waals surface area contributed by atoms with Crippen LogP contribution in [0.5, 0.6) is 0 Å². The molecule has 2 nitrogen and oxygen atoms in total. The normalized spacial score (nSPS) is 36.6. The molecule has 0 amide bonds. The summed E-state index contributed by atoms with van der Waals surface area (Å²) in [6.45, 7) is 2.17. The van der Waals surface area contributed by atoms with E-state index in [2.05, 4.69) is 12.8 Å². The van der Waals surface area contributed by atoms with Gasteiger partial charge in [0.1, 0.15) is 0 Å². The average molecular weight is 182 g/mol. The Labute approximate surface area is 80.0 Å². The van der Waals surface area contributed by atoms with Crippen molar-refractivity contribution in [1.29, 1.82) is 0 Å². The minimum atomic E-state index is -0.918. The molecule has 1 aliphatic carbocycles. The van der Waals surface area contributed by atoms with Gasteiger partial charge in [-0.15, -0.1) is 12.3 Å². The van der Waals surface area contributed by atoms with Crippen molar-refractivity contribution in [2.45, 2.75) is 50.7 Å². The van der Waals surface area contributed by atoms with Gasteiger partial charge in [-0.25, -0.2) is 0 Å². The van der Waals surface area contributed by atoms with Crippen LogP contribution in [0.2, 0.25) is 0 Å². The van der Waals surface area contributed by atoms with E-state index in [4.69, 9.17) is 6.42 Å². The average Bonchev–Trinajstić information content (AvgIpc) is 2.11. The maximum atomic E-state index is 10.0. The summed E-state index contributed by atoms with van der Waals surface area (Å²) in [5.74, 6) is 3.06. The molecule has 74 valence electrons. The lowest BCUT2D eigenvalue weighted by molar-refractivity contribution is -0.100. The van der Waals surface area contributed by atoms with E-state index in [1.807, 2.05) is 0 Å². The third-order valence-electron chi connectivity index (χ3n) is 3.07. The molecule has 0 heterocycles. The highest BCUT2D eigenvalue weighted by atomic mass is 16.3. The minimum absolute atomic E-state index is 0.255. The fraction of sp³-hybridized carbons (Fsp3) is 0.818. The third-order valence-corrected chi connectivity index (χ3v) is 3.07. The van der Waals surface area contributed by atoms with Crippen LogP contribution in [0.4, 0.5) is 0 Å². The molecule has 1 fully saturated rings. The van der Waals surface area contributed by atoms with Crippen LogP contribution in [0.25, 0.3) is 0 Å². The second-order valence-corrected chi connectivity index (χ2v) is 4.21. The molecule has 0 saturated heterocycles. The van der Waals surface area contributed by atoms with E-state index >= 15 is 0 Å². The van der Waals surface area contributed by atoms with Crippen molar-refractivity contribution in [3.63, 3.8) is 0 Å². The van der Waals surface area contributed by atoms with Gasteiger partial charge >= 0.3 is 0 Å². The molecule has 0 aromatic carbocycles. The maximum Gasteiger partial charge on any atom is 0.0935 e. The van der Waals surface area contributed by atoms with Gasteiger partial charge in [-0.05, 0) is 31.6 Å². The van der Waals surface area contributed by atoms with Gasteiger partial charge in [-0.2, -0.15) is 0 Å². The van der Waals surface area contributed by atoms with Gasteiger partial charge in [0.05, 0.1) is 11.7 Å². The molecule has 2 heteroatoms. The smallest absolute Gasteiger partial charge is 0.0935 e. The molecule has 1 atom stereocenters. The summed E-state index contributed by atoms with van der Waals surface area (Å²) < 4.78 is 0. The van der Waals surface area contributed by atoms with E-state index < -0.39 is 11.7 Å². The van der Waals surface area contributed by atoms with Crippen LogP contribution in [0.15, 0.2) is 0 Å². The molecule has 0 aliphatic heterocycles. The molecular formula is C11H18O2. The molecular weight excluding hydrogens is 164 g/mol. The molecule has 0 aromatic rings. The van der Waals surface area contributed by atoms with E-state index in [1.54, 1.807) is 0 Å². The first-order valence-electron chi connectivity index (χ1n) is 4.92. The second kappa shape index (κ2) is 4.13. The van der Waals surface area contributed by atoms with E-state index in [-0.39, 0.29) is 6.42 Å². The van der Waals surface area contributed by atoms with Crippen molar-refractivity contribution < 1.29 is 10.2 Å². The molecule has 13 heavy (non-hydrogen) atoms. The molecule has 1 saturated carbocycles. The van der Waals surface area contributed by atoms with Crippen LogP contribution >= 0.6 is 0 Å². The summed E-state index contributed by atoms with van der Waals surface area (Å²) in [5, 5.41) is 19.7. The topological polar surface area (TPSA) is 40.5 Å². The van der Waals surface area contributed by atoms with Crippen LogP contribution in [0, 0.1) is 18.3 Å². The van der Waals surface area contributed by atoms with Crippen molar-refractivity contribution in [1.82, 2.24) is 0 Å². The highest BCUT2D eigenvalue weighted by Gasteiger charge is 2.37. The van der Waals surface area contributed by atoms with Crippen molar-refractivity contribution in [2.75, 3.05) is 0 Å². The van der Waals surface area contributed by atoms with Crippen molar-refractivity contribution in [2.24, 2.45) is 5.92 Å². The van der Waals surface area contributed by atoms with Gasteiger partial charge in [-0.3, -0.25) is 0 Å². The molecule has 1 unspecified atom stereocenters. The Bertz CT molecular complexity index is 197. The summed E-state index contributed by atoms with van der Waals surface area (Å²) in [7, 11) is 0. The van der Waals surface area contributed by atoms with E-state index in [0.29, 0.717) is 18.8 Å².